The third-order valence-corrected chi connectivity index (χ3v) is 3.27. The quantitative estimate of drug-likeness (QED) is 0.432. The van der Waals surface area contributed by atoms with Crippen LogP contribution in [0, 0.1) is 0 Å². The van der Waals surface area contributed by atoms with Crippen molar-refractivity contribution >= 4 is 34.1 Å². The van der Waals surface area contributed by atoms with Gasteiger partial charge in [-0.3, -0.25) is 9.59 Å². The monoisotopic (exact) mass is 294 g/mol. The molecule has 6 heteroatoms. The second-order valence-electron chi connectivity index (χ2n) is 4.90. The van der Waals surface area contributed by atoms with Crippen LogP contribution in [0.2, 0.25) is 0 Å². The average Bonchev–Trinajstić information content (AvgIpc) is 2.54. The van der Waals surface area contributed by atoms with Crippen molar-refractivity contribution in [3.63, 3.8) is 0 Å². The van der Waals surface area contributed by atoms with Gasteiger partial charge in [0.25, 0.3) is 10.9 Å². The zero-order valence-corrected chi connectivity index (χ0v) is 11.6. The summed E-state index contributed by atoms with van der Waals surface area (Å²) in [6.07, 6.45) is 0. The Morgan fingerprint density at radius 1 is 0.591 bits per heavy atom. The van der Waals surface area contributed by atoms with Crippen LogP contribution < -0.4 is 33.0 Å². The molecule has 0 saturated carbocycles. The van der Waals surface area contributed by atoms with Gasteiger partial charge in [0.05, 0.1) is 0 Å². The van der Waals surface area contributed by atoms with Gasteiger partial charge in [0.2, 0.25) is 0 Å². The average molecular weight is 294 g/mol. The maximum atomic E-state index is 11.7. The molecule has 0 radical (unpaired) electrons. The second-order valence-corrected chi connectivity index (χ2v) is 4.90. The van der Waals surface area contributed by atoms with Gasteiger partial charge in [-0.2, -0.15) is 0 Å². The van der Waals surface area contributed by atoms with Gasteiger partial charge < -0.3 is 22.1 Å². The highest BCUT2D eigenvalue weighted by Gasteiger charge is 2.21. The summed E-state index contributed by atoms with van der Waals surface area (Å²) in [4.78, 5) is 23.5. The maximum Gasteiger partial charge on any atom is 0.253 e. The SMILES string of the molecule is Nc1ccc(Nc2c(Nc3ccc(N)cc3)c(=O)c2=O)cc1. The number of hydrogen-bond acceptors (Lipinski definition) is 6. The van der Waals surface area contributed by atoms with Gasteiger partial charge in [0.15, 0.2) is 0 Å². The second kappa shape index (κ2) is 5.25. The van der Waals surface area contributed by atoms with E-state index in [2.05, 4.69) is 10.6 Å². The first-order valence-electron chi connectivity index (χ1n) is 6.63. The van der Waals surface area contributed by atoms with E-state index < -0.39 is 10.9 Å². The largest absolute Gasteiger partial charge is 0.399 e. The highest BCUT2D eigenvalue weighted by Crippen LogP contribution is 2.24. The Morgan fingerprint density at radius 2 is 0.909 bits per heavy atom. The Balaban J connectivity index is 1.85. The van der Waals surface area contributed by atoms with Crippen LogP contribution in [0.25, 0.3) is 0 Å². The van der Waals surface area contributed by atoms with E-state index in [4.69, 9.17) is 11.5 Å². The summed E-state index contributed by atoms with van der Waals surface area (Å²) in [5.41, 5.74) is 13.2. The summed E-state index contributed by atoms with van der Waals surface area (Å²) >= 11 is 0. The molecule has 110 valence electrons. The first-order chi connectivity index (χ1) is 10.5. The minimum Gasteiger partial charge on any atom is -0.399 e. The molecular weight excluding hydrogens is 280 g/mol. The van der Waals surface area contributed by atoms with Crippen LogP contribution in [-0.2, 0) is 0 Å². The normalized spacial score (nSPS) is 10.5. The topological polar surface area (TPSA) is 110 Å². The van der Waals surface area contributed by atoms with Crippen molar-refractivity contribution in [1.82, 2.24) is 0 Å². The maximum absolute atomic E-state index is 11.7. The molecule has 0 amide bonds. The van der Waals surface area contributed by atoms with Gasteiger partial charge in [0, 0.05) is 22.7 Å². The Hall–Kier alpha value is -3.28. The van der Waals surface area contributed by atoms with E-state index >= 15 is 0 Å². The Bertz CT molecular complexity index is 801. The molecule has 3 rings (SSSR count). The predicted octanol–water partition coefficient (Wildman–Crippen LogP) is 1.93. The van der Waals surface area contributed by atoms with Crippen molar-refractivity contribution < 1.29 is 0 Å². The highest BCUT2D eigenvalue weighted by molar-refractivity contribution is 5.82. The lowest BCUT2D eigenvalue weighted by molar-refractivity contribution is 1.36. The van der Waals surface area contributed by atoms with Gasteiger partial charge in [0.1, 0.15) is 11.4 Å². The molecule has 3 aromatic carbocycles. The lowest BCUT2D eigenvalue weighted by Gasteiger charge is -2.15. The summed E-state index contributed by atoms with van der Waals surface area (Å²) < 4.78 is 0. The number of hydrogen-bond donors (Lipinski definition) is 4. The van der Waals surface area contributed by atoms with Crippen molar-refractivity contribution in [2.75, 3.05) is 22.1 Å². The molecule has 0 aromatic heterocycles. The van der Waals surface area contributed by atoms with Crippen LogP contribution in [-0.4, -0.2) is 0 Å². The van der Waals surface area contributed by atoms with Crippen molar-refractivity contribution in [3.8, 4) is 0 Å². The van der Waals surface area contributed by atoms with Crippen molar-refractivity contribution in [2.45, 2.75) is 0 Å². The van der Waals surface area contributed by atoms with Gasteiger partial charge in [-0.25, -0.2) is 0 Å². The van der Waals surface area contributed by atoms with Crippen molar-refractivity contribution in [1.29, 1.82) is 0 Å². The third kappa shape index (κ3) is 2.49. The standard InChI is InChI=1S/C16H14N4O2/c17-9-1-5-11(6-2-9)19-13-14(16(22)15(13)21)20-12-7-3-10(18)4-8-12/h1-8,19-20H,17-18H2. The molecule has 0 bridgehead atoms. The first-order valence-corrected chi connectivity index (χ1v) is 6.63. The number of nitrogens with two attached hydrogens (primary N) is 2. The summed E-state index contributed by atoms with van der Waals surface area (Å²) in [6, 6.07) is 13.8. The molecule has 6 nitrogen and oxygen atoms in total. The van der Waals surface area contributed by atoms with Crippen LogP contribution in [0.3, 0.4) is 0 Å². The molecular formula is C16H14N4O2. The molecule has 0 saturated heterocycles. The fourth-order valence-electron chi connectivity index (χ4n) is 2.05. The Kier molecular flexibility index (Phi) is 3.27. The zero-order chi connectivity index (χ0) is 15.7. The number of benzene rings is 2. The molecule has 0 unspecified atom stereocenters. The molecule has 0 aliphatic rings. The fourth-order valence-corrected chi connectivity index (χ4v) is 2.05. The van der Waals surface area contributed by atoms with Crippen LogP contribution >= 0.6 is 0 Å². The third-order valence-electron chi connectivity index (χ3n) is 3.27. The Morgan fingerprint density at radius 3 is 1.23 bits per heavy atom. The molecule has 0 fully saturated rings. The van der Waals surface area contributed by atoms with Crippen LogP contribution in [0.1, 0.15) is 0 Å². The first kappa shape index (κ1) is 13.7. The van der Waals surface area contributed by atoms with E-state index in [1.54, 1.807) is 48.5 Å². The Labute approximate surface area is 126 Å². The van der Waals surface area contributed by atoms with E-state index in [-0.39, 0.29) is 11.4 Å². The predicted molar refractivity (Wildman–Crippen MR) is 89.6 cm³/mol. The summed E-state index contributed by atoms with van der Waals surface area (Å²) in [5.74, 6) is 0. The molecule has 6 N–H and O–H groups in total. The molecule has 0 spiro atoms. The number of nitrogens with one attached hydrogen (secondary N) is 2. The van der Waals surface area contributed by atoms with Gasteiger partial charge in [-0.05, 0) is 48.5 Å². The van der Waals surface area contributed by atoms with E-state index in [1.165, 1.54) is 0 Å². The van der Waals surface area contributed by atoms with E-state index in [9.17, 15) is 9.59 Å². The number of anilines is 6. The molecule has 22 heavy (non-hydrogen) atoms. The van der Waals surface area contributed by atoms with Crippen molar-refractivity contribution in [2.24, 2.45) is 0 Å². The molecule has 3 aromatic rings. The number of nitrogen functional groups attached to an aromatic ring is 2. The zero-order valence-electron chi connectivity index (χ0n) is 11.6. The molecule has 0 aliphatic carbocycles. The molecule has 0 heterocycles. The van der Waals surface area contributed by atoms with Crippen LogP contribution in [0.4, 0.5) is 34.1 Å². The van der Waals surface area contributed by atoms with E-state index in [0.29, 0.717) is 22.7 Å². The van der Waals surface area contributed by atoms with Gasteiger partial charge in [-0.1, -0.05) is 0 Å². The van der Waals surface area contributed by atoms with Gasteiger partial charge >= 0.3 is 0 Å². The van der Waals surface area contributed by atoms with E-state index in [1.807, 2.05) is 0 Å². The van der Waals surface area contributed by atoms with Crippen LogP contribution in [0.5, 0.6) is 0 Å². The summed E-state index contributed by atoms with van der Waals surface area (Å²) in [6.45, 7) is 0. The minimum absolute atomic E-state index is 0.242. The summed E-state index contributed by atoms with van der Waals surface area (Å²) in [7, 11) is 0. The van der Waals surface area contributed by atoms with Gasteiger partial charge in [-0.15, -0.1) is 0 Å². The van der Waals surface area contributed by atoms with Crippen LogP contribution in [0.15, 0.2) is 58.1 Å². The number of rotatable bonds is 4. The summed E-state index contributed by atoms with van der Waals surface area (Å²) in [5, 5.41) is 5.87. The fraction of sp³-hybridized carbons (Fsp3) is 0. The smallest absolute Gasteiger partial charge is 0.253 e. The molecule has 0 atom stereocenters. The lowest BCUT2D eigenvalue weighted by atomic mass is 10.1. The van der Waals surface area contributed by atoms with Crippen molar-refractivity contribution in [3.05, 3.63) is 69.0 Å². The lowest BCUT2D eigenvalue weighted by Crippen LogP contribution is -2.35. The highest BCUT2D eigenvalue weighted by atomic mass is 16.2. The molecule has 0 aliphatic heterocycles. The minimum atomic E-state index is -0.547. The van der Waals surface area contributed by atoms with E-state index in [0.717, 1.165) is 0 Å².